The van der Waals surface area contributed by atoms with Gasteiger partial charge in [0.05, 0.1) is 0 Å². The third-order valence-corrected chi connectivity index (χ3v) is 2.28. The van der Waals surface area contributed by atoms with E-state index in [-0.39, 0.29) is 5.97 Å². The molecule has 1 aromatic rings. The van der Waals surface area contributed by atoms with Crippen molar-refractivity contribution in [3.63, 3.8) is 0 Å². The largest absolute Gasteiger partial charge is 0.410 e. The Hall–Kier alpha value is -1.90. The average molecular weight is 215 g/mol. The van der Waals surface area contributed by atoms with Gasteiger partial charge in [-0.1, -0.05) is 42.5 Å². The number of benzene rings is 1. The summed E-state index contributed by atoms with van der Waals surface area (Å²) in [4.78, 5) is 15.9. The van der Waals surface area contributed by atoms with Gasteiger partial charge in [-0.2, -0.15) is 0 Å². The maximum Gasteiger partial charge on any atom is 0.342 e. The number of carbonyl (C=O) groups is 1. The van der Waals surface area contributed by atoms with Crippen molar-refractivity contribution in [1.29, 1.82) is 0 Å². The molecule has 1 aliphatic heterocycles. The monoisotopic (exact) mass is 215 g/mol. The number of aliphatic imine (C=N–C) groups is 1. The Balaban J connectivity index is 2.20. The minimum atomic E-state index is -0.504. The van der Waals surface area contributed by atoms with E-state index in [0.717, 1.165) is 11.1 Å². The lowest BCUT2D eigenvalue weighted by atomic mass is 10.1. The SMILES string of the molecule is C=C(C)CC1=NC(c2ccccc2)C(=O)O1. The van der Waals surface area contributed by atoms with Crippen molar-refractivity contribution in [2.45, 2.75) is 19.4 Å². The van der Waals surface area contributed by atoms with Gasteiger partial charge in [-0.15, -0.1) is 0 Å². The number of rotatable bonds is 3. The molecule has 82 valence electrons. The molecule has 0 aliphatic carbocycles. The number of carbonyl (C=O) groups excluding carboxylic acids is 1. The molecule has 0 aromatic heterocycles. The molecule has 0 fully saturated rings. The van der Waals surface area contributed by atoms with Crippen LogP contribution in [0.15, 0.2) is 47.5 Å². The Bertz CT molecular complexity index is 448. The summed E-state index contributed by atoms with van der Waals surface area (Å²) in [5, 5.41) is 0. The van der Waals surface area contributed by atoms with Gasteiger partial charge in [-0.05, 0) is 12.5 Å². The molecular formula is C13H13NO2. The Morgan fingerprint density at radius 2 is 2.12 bits per heavy atom. The van der Waals surface area contributed by atoms with E-state index in [1.54, 1.807) is 0 Å². The molecule has 1 atom stereocenters. The van der Waals surface area contributed by atoms with Crippen LogP contribution in [0.4, 0.5) is 0 Å². The second-order valence-corrected chi connectivity index (χ2v) is 3.89. The standard InChI is InChI=1S/C13H13NO2/c1-9(2)8-11-14-12(13(15)16-11)10-6-4-3-5-7-10/h3-7,12H,1,8H2,2H3. The smallest absolute Gasteiger partial charge is 0.342 e. The molecule has 0 N–H and O–H groups in total. The molecule has 0 amide bonds. The van der Waals surface area contributed by atoms with Crippen LogP contribution in [0, 0.1) is 0 Å². The summed E-state index contributed by atoms with van der Waals surface area (Å²) in [5.74, 6) is 0.161. The van der Waals surface area contributed by atoms with Gasteiger partial charge >= 0.3 is 5.97 Å². The van der Waals surface area contributed by atoms with Crippen LogP contribution in [0.1, 0.15) is 24.9 Å². The number of esters is 1. The highest BCUT2D eigenvalue weighted by atomic mass is 16.6. The molecule has 1 heterocycles. The van der Waals surface area contributed by atoms with Crippen LogP contribution in [0.3, 0.4) is 0 Å². The zero-order chi connectivity index (χ0) is 11.5. The van der Waals surface area contributed by atoms with Crippen LogP contribution >= 0.6 is 0 Å². The molecule has 2 rings (SSSR count). The van der Waals surface area contributed by atoms with Crippen LogP contribution < -0.4 is 0 Å². The molecule has 0 bridgehead atoms. The first-order chi connectivity index (χ1) is 7.66. The number of hydrogen-bond donors (Lipinski definition) is 0. The maximum absolute atomic E-state index is 11.6. The van der Waals surface area contributed by atoms with Crippen molar-refractivity contribution in [3.05, 3.63) is 48.0 Å². The number of hydrogen-bond acceptors (Lipinski definition) is 3. The van der Waals surface area contributed by atoms with E-state index in [1.165, 1.54) is 0 Å². The molecule has 1 unspecified atom stereocenters. The molecular weight excluding hydrogens is 202 g/mol. The van der Waals surface area contributed by atoms with E-state index in [1.807, 2.05) is 37.3 Å². The van der Waals surface area contributed by atoms with Crippen LogP contribution in [0.2, 0.25) is 0 Å². The lowest BCUT2D eigenvalue weighted by Crippen LogP contribution is -2.08. The summed E-state index contributed by atoms with van der Waals surface area (Å²) in [6, 6.07) is 8.92. The van der Waals surface area contributed by atoms with E-state index in [0.29, 0.717) is 12.3 Å². The predicted octanol–water partition coefficient (Wildman–Crippen LogP) is 2.65. The summed E-state index contributed by atoms with van der Waals surface area (Å²) in [7, 11) is 0. The summed E-state index contributed by atoms with van der Waals surface area (Å²) >= 11 is 0. The summed E-state index contributed by atoms with van der Waals surface area (Å²) in [6.07, 6.45) is 0.523. The fraction of sp³-hybridized carbons (Fsp3) is 0.231. The summed E-state index contributed by atoms with van der Waals surface area (Å²) in [5.41, 5.74) is 1.80. The van der Waals surface area contributed by atoms with E-state index < -0.39 is 6.04 Å². The van der Waals surface area contributed by atoms with E-state index >= 15 is 0 Å². The number of ether oxygens (including phenoxy) is 1. The highest BCUT2D eigenvalue weighted by Gasteiger charge is 2.29. The van der Waals surface area contributed by atoms with Gasteiger partial charge in [0.2, 0.25) is 0 Å². The van der Waals surface area contributed by atoms with Crippen LogP contribution in [-0.4, -0.2) is 11.9 Å². The second-order valence-electron chi connectivity index (χ2n) is 3.89. The van der Waals surface area contributed by atoms with Crippen LogP contribution in [-0.2, 0) is 9.53 Å². The Morgan fingerprint density at radius 3 is 2.75 bits per heavy atom. The third-order valence-electron chi connectivity index (χ3n) is 2.28. The topological polar surface area (TPSA) is 38.7 Å². The third kappa shape index (κ3) is 2.19. The van der Waals surface area contributed by atoms with Crippen molar-refractivity contribution in [3.8, 4) is 0 Å². The molecule has 1 aliphatic rings. The lowest BCUT2D eigenvalue weighted by molar-refractivity contribution is -0.135. The Morgan fingerprint density at radius 1 is 1.44 bits per heavy atom. The van der Waals surface area contributed by atoms with E-state index in [4.69, 9.17) is 4.74 Å². The van der Waals surface area contributed by atoms with Crippen LogP contribution in [0.25, 0.3) is 0 Å². The van der Waals surface area contributed by atoms with Crippen molar-refractivity contribution in [2.24, 2.45) is 4.99 Å². The number of cyclic esters (lactones) is 1. The lowest BCUT2D eigenvalue weighted by Gasteiger charge is -2.01. The molecule has 0 saturated heterocycles. The second kappa shape index (κ2) is 4.31. The highest BCUT2D eigenvalue weighted by molar-refractivity contribution is 5.98. The molecule has 0 saturated carbocycles. The molecule has 16 heavy (non-hydrogen) atoms. The quantitative estimate of drug-likeness (QED) is 0.574. The van der Waals surface area contributed by atoms with Gasteiger partial charge in [-0.3, -0.25) is 0 Å². The summed E-state index contributed by atoms with van der Waals surface area (Å²) < 4.78 is 5.09. The fourth-order valence-corrected chi connectivity index (χ4v) is 1.58. The van der Waals surface area contributed by atoms with Gasteiger partial charge in [0.1, 0.15) is 0 Å². The van der Waals surface area contributed by atoms with Gasteiger partial charge < -0.3 is 4.74 Å². The van der Waals surface area contributed by atoms with Crippen molar-refractivity contribution >= 4 is 11.9 Å². The number of nitrogens with zero attached hydrogens (tertiary/aromatic N) is 1. The van der Waals surface area contributed by atoms with Crippen LogP contribution in [0.5, 0.6) is 0 Å². The Labute approximate surface area is 94.5 Å². The van der Waals surface area contributed by atoms with Gasteiger partial charge in [0.25, 0.3) is 0 Å². The van der Waals surface area contributed by atoms with Gasteiger partial charge in [0, 0.05) is 6.42 Å². The maximum atomic E-state index is 11.6. The normalized spacial score (nSPS) is 19.2. The van der Waals surface area contributed by atoms with E-state index in [2.05, 4.69) is 11.6 Å². The predicted molar refractivity (Wildman–Crippen MR) is 62.1 cm³/mol. The van der Waals surface area contributed by atoms with Crippen molar-refractivity contribution < 1.29 is 9.53 Å². The minimum Gasteiger partial charge on any atom is -0.410 e. The average Bonchev–Trinajstić information content (AvgIpc) is 2.60. The first kappa shape index (κ1) is 10.6. The zero-order valence-electron chi connectivity index (χ0n) is 9.14. The molecule has 3 heteroatoms. The van der Waals surface area contributed by atoms with E-state index in [9.17, 15) is 4.79 Å². The first-order valence-electron chi connectivity index (χ1n) is 5.14. The van der Waals surface area contributed by atoms with Crippen molar-refractivity contribution in [1.82, 2.24) is 0 Å². The zero-order valence-corrected chi connectivity index (χ0v) is 9.14. The minimum absolute atomic E-state index is 0.303. The first-order valence-corrected chi connectivity index (χ1v) is 5.14. The van der Waals surface area contributed by atoms with Gasteiger partial charge in [-0.25, -0.2) is 9.79 Å². The molecule has 1 aromatic carbocycles. The fourth-order valence-electron chi connectivity index (χ4n) is 1.58. The van der Waals surface area contributed by atoms with Gasteiger partial charge in [0.15, 0.2) is 11.9 Å². The van der Waals surface area contributed by atoms with Crippen molar-refractivity contribution in [2.75, 3.05) is 0 Å². The molecule has 3 nitrogen and oxygen atoms in total. The molecule has 0 spiro atoms. The molecule has 0 radical (unpaired) electrons. The summed E-state index contributed by atoms with van der Waals surface area (Å²) in [6.45, 7) is 5.65. The highest BCUT2D eigenvalue weighted by Crippen LogP contribution is 2.25. The Kier molecular flexibility index (Phi) is 2.86.